The molecule has 252 valence electrons. The molecule has 0 saturated heterocycles. The van der Waals surface area contributed by atoms with Gasteiger partial charge in [-0.05, 0) is 83.1 Å². The SMILES string of the molecule is CCCCC/C=C\C/C=C\CCCCCCCC(=O)OC(/C=C\C/C=C\CCCCC)CCCCCCC(=O)NCC(=O)O. The largest absolute Gasteiger partial charge is 0.480 e. The third kappa shape index (κ3) is 32.3. The van der Waals surface area contributed by atoms with Crippen molar-refractivity contribution in [1.82, 2.24) is 5.32 Å². The van der Waals surface area contributed by atoms with Gasteiger partial charge in [0.15, 0.2) is 0 Å². The van der Waals surface area contributed by atoms with E-state index in [2.05, 4.69) is 61.7 Å². The zero-order valence-electron chi connectivity index (χ0n) is 28.2. The van der Waals surface area contributed by atoms with Gasteiger partial charge in [-0.2, -0.15) is 0 Å². The molecule has 0 radical (unpaired) electrons. The molecule has 1 amide bonds. The van der Waals surface area contributed by atoms with Gasteiger partial charge in [0.2, 0.25) is 5.91 Å². The van der Waals surface area contributed by atoms with Crippen LogP contribution in [0.15, 0.2) is 48.6 Å². The molecule has 0 fully saturated rings. The number of nitrogens with one attached hydrogen (secondary N) is 1. The zero-order chi connectivity index (χ0) is 32.4. The van der Waals surface area contributed by atoms with Crippen molar-refractivity contribution in [2.45, 2.75) is 168 Å². The Balaban J connectivity index is 4.23. The summed E-state index contributed by atoms with van der Waals surface area (Å²) in [7, 11) is 0. The smallest absolute Gasteiger partial charge is 0.322 e. The van der Waals surface area contributed by atoms with E-state index in [0.717, 1.165) is 77.0 Å². The molecule has 44 heavy (non-hydrogen) atoms. The summed E-state index contributed by atoms with van der Waals surface area (Å²) < 4.78 is 5.84. The molecule has 0 saturated carbocycles. The normalized spacial score (nSPS) is 12.6. The minimum Gasteiger partial charge on any atom is -0.480 e. The van der Waals surface area contributed by atoms with E-state index < -0.39 is 5.97 Å². The number of carboxylic acids is 1. The Morgan fingerprint density at radius 1 is 0.614 bits per heavy atom. The summed E-state index contributed by atoms with van der Waals surface area (Å²) in [6.45, 7) is 4.12. The maximum atomic E-state index is 12.6. The standard InChI is InChI=1S/C38H65NO5/c1-3-5-7-9-11-13-14-15-16-17-18-19-21-23-29-33-38(43)44-35(30-26-22-20-12-10-8-6-4-2)31-27-24-25-28-32-36(40)39-34-37(41)42/h11-13,15-16,20,26,30,35H,3-10,14,17-19,21-25,27-29,31-34H2,1-2H3,(H,39,40)(H,41,42)/b13-11-,16-15-,20-12-,30-26-. The highest BCUT2D eigenvalue weighted by molar-refractivity contribution is 5.80. The van der Waals surface area contributed by atoms with Crippen LogP contribution in [0, 0.1) is 0 Å². The second-order valence-electron chi connectivity index (χ2n) is 11.8. The Hall–Kier alpha value is -2.63. The molecule has 0 aliphatic carbocycles. The first kappa shape index (κ1) is 41.4. The van der Waals surface area contributed by atoms with Gasteiger partial charge in [-0.3, -0.25) is 14.4 Å². The lowest BCUT2D eigenvalue weighted by Gasteiger charge is -2.14. The van der Waals surface area contributed by atoms with Crippen LogP contribution in [0.3, 0.4) is 0 Å². The summed E-state index contributed by atoms with van der Waals surface area (Å²) in [5.74, 6) is -1.37. The zero-order valence-corrected chi connectivity index (χ0v) is 28.2. The van der Waals surface area contributed by atoms with Crippen molar-refractivity contribution < 1.29 is 24.2 Å². The van der Waals surface area contributed by atoms with Crippen molar-refractivity contribution in [1.29, 1.82) is 0 Å². The summed E-state index contributed by atoms with van der Waals surface area (Å²) in [5, 5.41) is 11.0. The van der Waals surface area contributed by atoms with E-state index in [1.165, 1.54) is 57.8 Å². The average molecular weight is 616 g/mol. The molecular formula is C38H65NO5. The number of unbranched alkanes of at least 4 members (excludes halogenated alkanes) is 14. The fourth-order valence-electron chi connectivity index (χ4n) is 4.79. The number of hydrogen-bond donors (Lipinski definition) is 2. The van der Waals surface area contributed by atoms with Crippen molar-refractivity contribution in [3.05, 3.63) is 48.6 Å². The van der Waals surface area contributed by atoms with Crippen molar-refractivity contribution in [2.75, 3.05) is 6.54 Å². The van der Waals surface area contributed by atoms with Crippen molar-refractivity contribution in [3.63, 3.8) is 0 Å². The monoisotopic (exact) mass is 615 g/mol. The number of hydrogen-bond acceptors (Lipinski definition) is 4. The van der Waals surface area contributed by atoms with Gasteiger partial charge in [-0.1, -0.05) is 114 Å². The number of amides is 1. The highest BCUT2D eigenvalue weighted by atomic mass is 16.5. The number of ether oxygens (including phenoxy) is 1. The first-order valence-corrected chi connectivity index (χ1v) is 17.8. The summed E-state index contributed by atoms with van der Waals surface area (Å²) >= 11 is 0. The van der Waals surface area contributed by atoms with E-state index in [-0.39, 0.29) is 24.5 Å². The summed E-state index contributed by atoms with van der Waals surface area (Å²) in [6.07, 6.45) is 40.9. The van der Waals surface area contributed by atoms with Crippen LogP contribution >= 0.6 is 0 Å². The van der Waals surface area contributed by atoms with Crippen LogP contribution in [-0.2, 0) is 19.1 Å². The maximum Gasteiger partial charge on any atom is 0.322 e. The molecule has 2 N–H and O–H groups in total. The molecule has 0 spiro atoms. The number of carbonyl (C=O) groups excluding carboxylic acids is 2. The van der Waals surface area contributed by atoms with Crippen molar-refractivity contribution >= 4 is 17.8 Å². The molecule has 0 heterocycles. The van der Waals surface area contributed by atoms with Crippen LogP contribution < -0.4 is 5.32 Å². The van der Waals surface area contributed by atoms with Crippen LogP contribution in [0.4, 0.5) is 0 Å². The van der Waals surface area contributed by atoms with Crippen LogP contribution in [0.2, 0.25) is 0 Å². The van der Waals surface area contributed by atoms with E-state index in [1.54, 1.807) is 0 Å². The van der Waals surface area contributed by atoms with Gasteiger partial charge in [-0.15, -0.1) is 0 Å². The van der Waals surface area contributed by atoms with Gasteiger partial charge in [0.05, 0.1) is 0 Å². The Labute approximate surface area is 269 Å². The van der Waals surface area contributed by atoms with Gasteiger partial charge in [-0.25, -0.2) is 0 Å². The second kappa shape index (κ2) is 33.3. The highest BCUT2D eigenvalue weighted by Crippen LogP contribution is 2.14. The number of aliphatic carboxylic acids is 1. The topological polar surface area (TPSA) is 92.7 Å². The second-order valence-corrected chi connectivity index (χ2v) is 11.8. The van der Waals surface area contributed by atoms with E-state index in [1.807, 2.05) is 6.08 Å². The maximum absolute atomic E-state index is 12.6. The first-order valence-electron chi connectivity index (χ1n) is 17.8. The lowest BCUT2D eigenvalue weighted by molar-refractivity contribution is -0.147. The molecule has 0 aliphatic heterocycles. The van der Waals surface area contributed by atoms with Gasteiger partial charge < -0.3 is 15.2 Å². The van der Waals surface area contributed by atoms with Crippen LogP contribution in [-0.4, -0.2) is 35.6 Å². The Morgan fingerprint density at radius 3 is 1.70 bits per heavy atom. The number of esters is 1. The van der Waals surface area contributed by atoms with E-state index in [4.69, 9.17) is 9.84 Å². The number of carbonyl (C=O) groups is 3. The molecule has 0 rings (SSSR count). The summed E-state index contributed by atoms with van der Waals surface area (Å²) in [6, 6.07) is 0. The number of carboxylic acid groups (broad SMARTS) is 1. The lowest BCUT2D eigenvalue weighted by Crippen LogP contribution is -2.28. The molecule has 1 unspecified atom stereocenters. The Kier molecular flexibility index (Phi) is 31.3. The van der Waals surface area contributed by atoms with E-state index in [9.17, 15) is 14.4 Å². The molecular weight excluding hydrogens is 550 g/mol. The summed E-state index contributed by atoms with van der Waals surface area (Å²) in [5.41, 5.74) is 0. The molecule has 6 nitrogen and oxygen atoms in total. The molecule has 0 aliphatic rings. The van der Waals surface area contributed by atoms with Gasteiger partial charge in [0, 0.05) is 12.8 Å². The molecule has 6 heteroatoms. The van der Waals surface area contributed by atoms with Gasteiger partial charge in [0.1, 0.15) is 12.6 Å². The van der Waals surface area contributed by atoms with Crippen LogP contribution in [0.25, 0.3) is 0 Å². The minimum atomic E-state index is -1.03. The van der Waals surface area contributed by atoms with Crippen LogP contribution in [0.5, 0.6) is 0 Å². The molecule has 0 aromatic heterocycles. The molecule has 0 aromatic rings. The fraction of sp³-hybridized carbons (Fsp3) is 0.711. The minimum absolute atomic E-state index is 0.115. The van der Waals surface area contributed by atoms with Gasteiger partial charge >= 0.3 is 11.9 Å². The fourth-order valence-corrected chi connectivity index (χ4v) is 4.79. The average Bonchev–Trinajstić information content (AvgIpc) is 3.00. The van der Waals surface area contributed by atoms with E-state index >= 15 is 0 Å². The van der Waals surface area contributed by atoms with E-state index in [0.29, 0.717) is 12.8 Å². The highest BCUT2D eigenvalue weighted by Gasteiger charge is 2.11. The number of rotatable bonds is 31. The van der Waals surface area contributed by atoms with Crippen molar-refractivity contribution in [3.8, 4) is 0 Å². The number of allylic oxidation sites excluding steroid dienone is 7. The van der Waals surface area contributed by atoms with Crippen LogP contribution in [0.1, 0.15) is 162 Å². The third-order valence-electron chi connectivity index (χ3n) is 7.46. The predicted molar refractivity (Wildman–Crippen MR) is 185 cm³/mol. The quantitative estimate of drug-likeness (QED) is 0.0460. The first-order chi connectivity index (χ1) is 21.5. The Morgan fingerprint density at radius 2 is 1.11 bits per heavy atom. The van der Waals surface area contributed by atoms with Gasteiger partial charge in [0.25, 0.3) is 0 Å². The molecule has 1 atom stereocenters. The van der Waals surface area contributed by atoms with Crippen molar-refractivity contribution in [2.24, 2.45) is 0 Å². The summed E-state index contributed by atoms with van der Waals surface area (Å²) in [4.78, 5) is 34.8. The predicted octanol–water partition coefficient (Wildman–Crippen LogP) is 10.3. The third-order valence-corrected chi connectivity index (χ3v) is 7.46. The Bertz CT molecular complexity index is 814. The lowest BCUT2D eigenvalue weighted by atomic mass is 10.1. The molecule has 0 bridgehead atoms. The molecule has 0 aromatic carbocycles.